The van der Waals surface area contributed by atoms with E-state index in [0.717, 1.165) is 21.5 Å². The van der Waals surface area contributed by atoms with Crippen LogP contribution in [0.4, 0.5) is 9.93 Å². The Morgan fingerprint density at radius 2 is 2.10 bits per heavy atom. The van der Waals surface area contributed by atoms with E-state index in [2.05, 4.69) is 31.5 Å². The van der Waals surface area contributed by atoms with Gasteiger partial charge in [0.25, 0.3) is 0 Å². The first-order chi connectivity index (χ1) is 9.56. The molecule has 0 saturated heterocycles. The normalized spacial score (nSPS) is 10.3. The van der Waals surface area contributed by atoms with Crippen LogP contribution in [0.25, 0.3) is 0 Å². The highest BCUT2D eigenvalue weighted by Gasteiger charge is 2.07. The van der Waals surface area contributed by atoms with Crippen molar-refractivity contribution in [3.05, 3.63) is 44.9 Å². The Bertz CT molecular complexity index is 593. The van der Waals surface area contributed by atoms with Crippen molar-refractivity contribution in [1.29, 1.82) is 0 Å². The lowest BCUT2D eigenvalue weighted by atomic mass is 10.1. The van der Waals surface area contributed by atoms with E-state index in [1.807, 2.05) is 38.1 Å². The maximum Gasteiger partial charge on any atom is 0.321 e. The number of urea groups is 1. The summed E-state index contributed by atoms with van der Waals surface area (Å²) < 4.78 is 1.06. The molecule has 0 aliphatic heterocycles. The highest BCUT2D eigenvalue weighted by molar-refractivity contribution is 9.10. The maximum absolute atomic E-state index is 11.7. The van der Waals surface area contributed by atoms with Crippen LogP contribution in [0.5, 0.6) is 0 Å². The highest BCUT2D eigenvalue weighted by Crippen LogP contribution is 2.20. The molecule has 0 spiro atoms. The fraction of sp³-hybridized carbons (Fsp3) is 0.286. The molecule has 2 aromatic rings. The molecule has 0 fully saturated rings. The molecule has 6 heteroatoms. The zero-order valence-corrected chi connectivity index (χ0v) is 13.8. The Balaban J connectivity index is 1.80. The fourth-order valence-corrected chi connectivity index (χ4v) is 2.97. The first-order valence-electron chi connectivity index (χ1n) is 6.28. The fourth-order valence-electron chi connectivity index (χ4n) is 1.68. The standard InChI is InChI=1S/C14H16BrN3OS/c1-9-10(2)20-14(17-9)18-13(19)16-8-7-11-5-3-4-6-12(11)15/h3-6H,7-8H2,1-2H3,(H2,16,17,18,19). The SMILES string of the molecule is Cc1nc(NC(=O)NCCc2ccccc2Br)sc1C. The molecule has 0 bridgehead atoms. The lowest BCUT2D eigenvalue weighted by Crippen LogP contribution is -2.30. The van der Waals surface area contributed by atoms with Crippen molar-refractivity contribution in [3.8, 4) is 0 Å². The second-order valence-electron chi connectivity index (χ2n) is 4.38. The van der Waals surface area contributed by atoms with Crippen molar-refractivity contribution in [2.24, 2.45) is 0 Å². The van der Waals surface area contributed by atoms with Gasteiger partial charge in [0, 0.05) is 15.9 Å². The molecule has 1 aromatic carbocycles. The summed E-state index contributed by atoms with van der Waals surface area (Å²) in [6, 6.07) is 7.78. The molecule has 1 heterocycles. The summed E-state index contributed by atoms with van der Waals surface area (Å²) in [6.07, 6.45) is 0.783. The predicted molar refractivity (Wildman–Crippen MR) is 86.5 cm³/mol. The van der Waals surface area contributed by atoms with Crippen molar-refractivity contribution in [2.75, 3.05) is 11.9 Å². The molecule has 0 aliphatic carbocycles. The number of benzene rings is 1. The van der Waals surface area contributed by atoms with Gasteiger partial charge in [0.05, 0.1) is 5.69 Å². The second kappa shape index (κ2) is 6.85. The quantitative estimate of drug-likeness (QED) is 0.875. The topological polar surface area (TPSA) is 54.0 Å². The number of anilines is 1. The van der Waals surface area contributed by atoms with Crippen molar-refractivity contribution in [2.45, 2.75) is 20.3 Å². The van der Waals surface area contributed by atoms with Crippen molar-refractivity contribution in [3.63, 3.8) is 0 Å². The van der Waals surface area contributed by atoms with Crippen LogP contribution in [0.2, 0.25) is 0 Å². The number of aromatic nitrogens is 1. The largest absolute Gasteiger partial charge is 0.337 e. The number of thiazole rings is 1. The number of carbonyl (C=O) groups is 1. The highest BCUT2D eigenvalue weighted by atomic mass is 79.9. The number of nitrogens with one attached hydrogen (secondary N) is 2. The van der Waals surface area contributed by atoms with Gasteiger partial charge in [0.15, 0.2) is 5.13 Å². The van der Waals surface area contributed by atoms with Crippen LogP contribution in [0.15, 0.2) is 28.7 Å². The lowest BCUT2D eigenvalue weighted by molar-refractivity contribution is 0.252. The van der Waals surface area contributed by atoms with E-state index < -0.39 is 0 Å². The van der Waals surface area contributed by atoms with Crippen molar-refractivity contribution < 1.29 is 4.79 Å². The van der Waals surface area contributed by atoms with Gasteiger partial charge in [-0.25, -0.2) is 9.78 Å². The third-order valence-corrected chi connectivity index (χ3v) is 4.65. The van der Waals surface area contributed by atoms with Crippen LogP contribution in [-0.2, 0) is 6.42 Å². The molecule has 0 aliphatic rings. The van der Waals surface area contributed by atoms with Crippen LogP contribution in [0.1, 0.15) is 16.1 Å². The zero-order valence-electron chi connectivity index (χ0n) is 11.4. The Morgan fingerprint density at radius 1 is 1.35 bits per heavy atom. The van der Waals surface area contributed by atoms with Crippen LogP contribution in [0, 0.1) is 13.8 Å². The number of hydrogen-bond donors (Lipinski definition) is 2. The van der Waals surface area contributed by atoms with Gasteiger partial charge in [-0.1, -0.05) is 34.1 Å². The molecular weight excluding hydrogens is 338 g/mol. The molecule has 2 rings (SSSR count). The van der Waals surface area contributed by atoms with Crippen LogP contribution < -0.4 is 10.6 Å². The molecule has 0 radical (unpaired) electrons. The van der Waals surface area contributed by atoms with Gasteiger partial charge in [0.1, 0.15) is 0 Å². The number of nitrogens with zero attached hydrogens (tertiary/aromatic N) is 1. The smallest absolute Gasteiger partial charge is 0.321 e. The van der Waals surface area contributed by atoms with Gasteiger partial charge in [-0.05, 0) is 31.9 Å². The summed E-state index contributed by atoms with van der Waals surface area (Å²) >= 11 is 4.98. The average molecular weight is 354 g/mol. The molecule has 4 nitrogen and oxygen atoms in total. The first-order valence-corrected chi connectivity index (χ1v) is 7.89. The Morgan fingerprint density at radius 3 is 2.75 bits per heavy atom. The minimum Gasteiger partial charge on any atom is -0.337 e. The first kappa shape index (κ1) is 15.0. The summed E-state index contributed by atoms with van der Waals surface area (Å²) in [4.78, 5) is 17.1. The minimum absolute atomic E-state index is 0.217. The van der Waals surface area contributed by atoms with Gasteiger partial charge >= 0.3 is 6.03 Å². The van der Waals surface area contributed by atoms with Crippen molar-refractivity contribution in [1.82, 2.24) is 10.3 Å². The number of aryl methyl sites for hydroxylation is 2. The van der Waals surface area contributed by atoms with E-state index in [9.17, 15) is 4.79 Å². The van der Waals surface area contributed by atoms with Gasteiger partial charge < -0.3 is 5.32 Å². The minimum atomic E-state index is -0.217. The van der Waals surface area contributed by atoms with Crippen LogP contribution in [0.3, 0.4) is 0 Å². The van der Waals surface area contributed by atoms with Gasteiger partial charge in [0.2, 0.25) is 0 Å². The lowest BCUT2D eigenvalue weighted by Gasteiger charge is -2.06. The summed E-state index contributed by atoms with van der Waals surface area (Å²) in [5.41, 5.74) is 2.13. The molecule has 20 heavy (non-hydrogen) atoms. The second-order valence-corrected chi connectivity index (χ2v) is 6.44. The van der Waals surface area contributed by atoms with Gasteiger partial charge in [-0.15, -0.1) is 11.3 Å². The third-order valence-electron chi connectivity index (χ3n) is 2.89. The molecule has 1 aromatic heterocycles. The summed E-state index contributed by atoms with van der Waals surface area (Å²) in [7, 11) is 0. The number of amides is 2. The van der Waals surface area contributed by atoms with E-state index in [4.69, 9.17) is 0 Å². The molecule has 2 N–H and O–H groups in total. The molecule has 0 atom stereocenters. The molecule has 0 saturated carbocycles. The molecule has 106 valence electrons. The number of carbonyl (C=O) groups excluding carboxylic acids is 1. The number of halogens is 1. The van der Waals surface area contributed by atoms with E-state index in [-0.39, 0.29) is 6.03 Å². The summed E-state index contributed by atoms with van der Waals surface area (Å²) in [6.45, 7) is 4.50. The third kappa shape index (κ3) is 4.05. The van der Waals surface area contributed by atoms with E-state index in [0.29, 0.717) is 11.7 Å². The van der Waals surface area contributed by atoms with E-state index in [1.54, 1.807) is 0 Å². The Hall–Kier alpha value is -1.40. The van der Waals surface area contributed by atoms with Gasteiger partial charge in [-0.2, -0.15) is 0 Å². The average Bonchev–Trinajstić information content (AvgIpc) is 2.70. The van der Waals surface area contributed by atoms with E-state index in [1.165, 1.54) is 16.9 Å². The van der Waals surface area contributed by atoms with Crippen LogP contribution in [-0.4, -0.2) is 17.6 Å². The Kier molecular flexibility index (Phi) is 5.14. The van der Waals surface area contributed by atoms with Crippen molar-refractivity contribution >= 4 is 38.4 Å². The Labute approximate surface area is 130 Å². The molecule has 0 unspecified atom stereocenters. The number of rotatable bonds is 4. The zero-order chi connectivity index (χ0) is 14.5. The van der Waals surface area contributed by atoms with Crippen LogP contribution >= 0.6 is 27.3 Å². The maximum atomic E-state index is 11.7. The summed E-state index contributed by atoms with van der Waals surface area (Å²) in [5, 5.41) is 6.22. The molecular formula is C14H16BrN3OS. The predicted octanol–water partition coefficient (Wildman–Crippen LogP) is 3.89. The van der Waals surface area contributed by atoms with E-state index >= 15 is 0 Å². The number of hydrogen-bond acceptors (Lipinski definition) is 3. The van der Waals surface area contributed by atoms with Gasteiger partial charge in [-0.3, -0.25) is 5.32 Å². The summed E-state index contributed by atoms with van der Waals surface area (Å²) in [5.74, 6) is 0. The molecule has 2 amide bonds. The monoisotopic (exact) mass is 353 g/mol.